The molecule has 1 aromatic heterocycles. The number of fused-ring (bicyclic) bond motifs is 2. The Balaban J connectivity index is 1.65. The SMILES string of the molecule is CC1=C(C)C2C=CC(=NC(=O)C(=O)c3c(C)[nH]c4ccccc34)C=C2NC1=O. The van der Waals surface area contributed by atoms with Crippen LogP contribution < -0.4 is 5.32 Å². The van der Waals surface area contributed by atoms with Gasteiger partial charge in [0, 0.05) is 33.8 Å². The van der Waals surface area contributed by atoms with E-state index in [-0.39, 0.29) is 11.8 Å². The maximum atomic E-state index is 12.7. The van der Waals surface area contributed by atoms with Crippen LogP contribution in [-0.2, 0) is 9.59 Å². The largest absolute Gasteiger partial charge is 0.358 e. The molecule has 1 aliphatic carbocycles. The Morgan fingerprint density at radius 1 is 1.11 bits per heavy atom. The van der Waals surface area contributed by atoms with Gasteiger partial charge in [0.1, 0.15) is 0 Å². The maximum absolute atomic E-state index is 12.7. The fourth-order valence-electron chi connectivity index (χ4n) is 3.64. The Morgan fingerprint density at radius 3 is 2.64 bits per heavy atom. The van der Waals surface area contributed by atoms with Gasteiger partial charge in [0.05, 0.1) is 11.3 Å². The summed E-state index contributed by atoms with van der Waals surface area (Å²) in [6, 6.07) is 7.34. The van der Waals surface area contributed by atoms with Crippen molar-refractivity contribution in [3.63, 3.8) is 0 Å². The second kappa shape index (κ2) is 6.56. The Bertz CT molecular complexity index is 1170. The Labute approximate surface area is 161 Å². The van der Waals surface area contributed by atoms with Crippen LogP contribution in [-0.4, -0.2) is 28.3 Å². The zero-order valence-corrected chi connectivity index (χ0v) is 15.8. The van der Waals surface area contributed by atoms with E-state index < -0.39 is 11.7 Å². The molecular weight excluding hydrogens is 354 g/mol. The second-order valence-corrected chi connectivity index (χ2v) is 7.04. The quantitative estimate of drug-likeness (QED) is 0.626. The molecule has 2 heterocycles. The van der Waals surface area contributed by atoms with E-state index in [4.69, 9.17) is 0 Å². The number of H-pyrrole nitrogens is 1. The predicted molar refractivity (Wildman–Crippen MR) is 107 cm³/mol. The van der Waals surface area contributed by atoms with Gasteiger partial charge < -0.3 is 10.3 Å². The minimum Gasteiger partial charge on any atom is -0.358 e. The molecule has 0 radical (unpaired) electrons. The summed E-state index contributed by atoms with van der Waals surface area (Å²) in [5, 5.41) is 3.52. The summed E-state index contributed by atoms with van der Waals surface area (Å²) in [4.78, 5) is 44.4. The fourth-order valence-corrected chi connectivity index (χ4v) is 3.64. The monoisotopic (exact) mass is 373 g/mol. The van der Waals surface area contributed by atoms with E-state index in [9.17, 15) is 14.4 Å². The van der Waals surface area contributed by atoms with Crippen LogP contribution in [0.2, 0.25) is 0 Å². The lowest BCUT2D eigenvalue weighted by atomic mass is 9.85. The number of amides is 2. The molecule has 140 valence electrons. The first-order valence-electron chi connectivity index (χ1n) is 9.00. The topological polar surface area (TPSA) is 91.4 Å². The smallest absolute Gasteiger partial charge is 0.318 e. The van der Waals surface area contributed by atoms with Gasteiger partial charge in [0.2, 0.25) is 0 Å². The van der Waals surface area contributed by atoms with Crippen LogP contribution in [0.1, 0.15) is 29.9 Å². The summed E-state index contributed by atoms with van der Waals surface area (Å²) in [5.41, 5.74) is 4.43. The van der Waals surface area contributed by atoms with E-state index in [1.165, 1.54) is 0 Å². The number of aromatic nitrogens is 1. The molecule has 6 heteroatoms. The summed E-state index contributed by atoms with van der Waals surface area (Å²) in [5.74, 6) is -1.70. The average molecular weight is 373 g/mol. The molecule has 0 fully saturated rings. The van der Waals surface area contributed by atoms with Crippen molar-refractivity contribution in [2.75, 3.05) is 0 Å². The minimum atomic E-state index is -0.839. The third-order valence-corrected chi connectivity index (χ3v) is 5.30. The van der Waals surface area contributed by atoms with Crippen molar-refractivity contribution < 1.29 is 14.4 Å². The molecule has 0 saturated heterocycles. The number of carbonyl (C=O) groups excluding carboxylic acids is 3. The zero-order valence-electron chi connectivity index (χ0n) is 15.8. The maximum Gasteiger partial charge on any atom is 0.318 e. The van der Waals surface area contributed by atoms with Gasteiger partial charge in [-0.1, -0.05) is 29.8 Å². The first-order chi connectivity index (χ1) is 13.4. The third kappa shape index (κ3) is 2.83. The molecular formula is C22H19N3O3. The summed E-state index contributed by atoms with van der Waals surface area (Å²) in [6.45, 7) is 5.45. The normalized spacial score (nSPS) is 20.2. The molecule has 1 atom stereocenters. The van der Waals surface area contributed by atoms with Crippen molar-refractivity contribution in [3.05, 3.63) is 70.6 Å². The molecule has 6 nitrogen and oxygen atoms in total. The van der Waals surface area contributed by atoms with Crippen molar-refractivity contribution in [2.24, 2.45) is 10.9 Å². The molecule has 0 saturated carbocycles. The summed E-state index contributed by atoms with van der Waals surface area (Å²) < 4.78 is 0. The lowest BCUT2D eigenvalue weighted by Crippen LogP contribution is -2.35. The molecule has 0 spiro atoms. The molecule has 2 aromatic rings. The van der Waals surface area contributed by atoms with Crippen LogP contribution in [0, 0.1) is 12.8 Å². The van der Waals surface area contributed by atoms with Crippen LogP contribution in [0.25, 0.3) is 10.9 Å². The van der Waals surface area contributed by atoms with Gasteiger partial charge in [-0.2, -0.15) is 0 Å². The summed E-state index contributed by atoms with van der Waals surface area (Å²) in [6.07, 6.45) is 5.22. The van der Waals surface area contributed by atoms with E-state index >= 15 is 0 Å². The molecule has 0 bridgehead atoms. The molecule has 28 heavy (non-hydrogen) atoms. The number of hydrogen-bond acceptors (Lipinski definition) is 3. The van der Waals surface area contributed by atoms with Crippen LogP contribution in [0.4, 0.5) is 0 Å². The summed E-state index contributed by atoms with van der Waals surface area (Å²) >= 11 is 0. The summed E-state index contributed by atoms with van der Waals surface area (Å²) in [7, 11) is 0. The van der Waals surface area contributed by atoms with Crippen molar-refractivity contribution in [1.82, 2.24) is 10.3 Å². The molecule has 2 aliphatic rings. The van der Waals surface area contributed by atoms with Gasteiger partial charge in [0.15, 0.2) is 0 Å². The standard InChI is InChI=1S/C22H19N3O3/c1-11-12(2)21(27)25-18-10-14(8-9-15(11)18)24-22(28)20(26)19-13(3)23-17-7-5-4-6-16(17)19/h4-10,15,23H,1-3H3,(H,25,27). The number of hydrogen-bond donors (Lipinski definition) is 2. The number of benzene rings is 1. The lowest BCUT2D eigenvalue weighted by Gasteiger charge is -2.28. The van der Waals surface area contributed by atoms with E-state index in [1.54, 1.807) is 32.1 Å². The number of nitrogens with one attached hydrogen (secondary N) is 2. The number of carbonyl (C=O) groups is 3. The zero-order chi connectivity index (χ0) is 20.0. The third-order valence-electron chi connectivity index (χ3n) is 5.30. The highest BCUT2D eigenvalue weighted by atomic mass is 16.2. The van der Waals surface area contributed by atoms with Crippen LogP contribution >= 0.6 is 0 Å². The first kappa shape index (κ1) is 17.9. The van der Waals surface area contributed by atoms with E-state index in [0.29, 0.717) is 33.6 Å². The molecule has 2 N–H and O–H groups in total. The van der Waals surface area contributed by atoms with E-state index in [1.807, 2.05) is 31.2 Å². The number of para-hydroxylation sites is 1. The van der Waals surface area contributed by atoms with Crippen molar-refractivity contribution >= 4 is 34.2 Å². The lowest BCUT2D eigenvalue weighted by molar-refractivity contribution is -0.117. The van der Waals surface area contributed by atoms with Crippen LogP contribution in [0.5, 0.6) is 0 Å². The van der Waals surface area contributed by atoms with Crippen molar-refractivity contribution in [2.45, 2.75) is 20.8 Å². The molecule has 4 rings (SSSR count). The van der Waals surface area contributed by atoms with Gasteiger partial charge in [-0.25, -0.2) is 4.99 Å². The van der Waals surface area contributed by atoms with Crippen molar-refractivity contribution in [1.29, 1.82) is 0 Å². The number of aryl methyl sites for hydroxylation is 1. The highest BCUT2D eigenvalue weighted by molar-refractivity contribution is 6.47. The molecule has 2 amide bonds. The van der Waals surface area contributed by atoms with Crippen LogP contribution in [0.15, 0.2) is 64.3 Å². The van der Waals surface area contributed by atoms with Gasteiger partial charge in [-0.05, 0) is 39.0 Å². The van der Waals surface area contributed by atoms with Gasteiger partial charge in [-0.3, -0.25) is 14.4 Å². The van der Waals surface area contributed by atoms with Gasteiger partial charge in [0.25, 0.3) is 11.7 Å². The minimum absolute atomic E-state index is 0.0432. The number of Topliss-reactive ketones (excluding diaryl/α,β-unsaturated/α-hetero) is 1. The van der Waals surface area contributed by atoms with E-state index in [0.717, 1.165) is 11.1 Å². The fraction of sp³-hybridized carbons (Fsp3) is 0.182. The predicted octanol–water partition coefficient (Wildman–Crippen LogP) is 3.16. The number of rotatable bonds is 2. The van der Waals surface area contributed by atoms with Crippen LogP contribution in [0.3, 0.4) is 0 Å². The number of allylic oxidation sites excluding steroid dienone is 3. The molecule has 1 unspecified atom stereocenters. The van der Waals surface area contributed by atoms with E-state index in [2.05, 4.69) is 15.3 Å². The van der Waals surface area contributed by atoms with Gasteiger partial charge in [-0.15, -0.1) is 0 Å². The number of ketones is 1. The van der Waals surface area contributed by atoms with Crippen molar-refractivity contribution in [3.8, 4) is 0 Å². The Hall–Kier alpha value is -3.54. The molecule has 1 aliphatic heterocycles. The number of aliphatic imine (C=N–C) groups is 1. The highest BCUT2D eigenvalue weighted by Gasteiger charge is 2.28. The second-order valence-electron chi connectivity index (χ2n) is 7.04. The first-order valence-corrected chi connectivity index (χ1v) is 9.00. The number of nitrogens with zero attached hydrogens (tertiary/aromatic N) is 1. The number of aromatic amines is 1. The highest BCUT2D eigenvalue weighted by Crippen LogP contribution is 2.30. The average Bonchev–Trinajstić information content (AvgIpc) is 3.01. The Kier molecular flexibility index (Phi) is 4.19. The van der Waals surface area contributed by atoms with Gasteiger partial charge >= 0.3 is 5.91 Å². The molecule has 1 aromatic carbocycles. The Morgan fingerprint density at radius 2 is 1.86 bits per heavy atom.